The molecule has 16 nitrogen and oxygen atoms in total. The van der Waals surface area contributed by atoms with Crippen molar-refractivity contribution in [3.05, 3.63) is 12.7 Å². The molecular formula is C22H36N2O14. The van der Waals surface area contributed by atoms with E-state index in [1.807, 2.05) is 0 Å². The van der Waals surface area contributed by atoms with Crippen LogP contribution in [0.25, 0.3) is 0 Å². The zero-order valence-electron chi connectivity index (χ0n) is 20.9. The summed E-state index contributed by atoms with van der Waals surface area (Å²) in [6.45, 7) is 3.99. The summed E-state index contributed by atoms with van der Waals surface area (Å²) in [5.74, 6) is -5.67. The summed E-state index contributed by atoms with van der Waals surface area (Å²) in [5, 5.41) is 76.1. The van der Waals surface area contributed by atoms with E-state index in [4.69, 9.17) is 18.9 Å². The first-order chi connectivity index (χ1) is 17.8. The lowest BCUT2D eigenvalue weighted by Gasteiger charge is -2.47. The Bertz CT molecular complexity index is 845. The number of carboxylic acid groups (broad SMARTS) is 1. The van der Waals surface area contributed by atoms with E-state index in [1.165, 1.54) is 13.0 Å². The molecule has 9 N–H and O–H groups in total. The van der Waals surface area contributed by atoms with Crippen molar-refractivity contribution in [1.82, 2.24) is 10.6 Å². The van der Waals surface area contributed by atoms with Crippen molar-refractivity contribution >= 4 is 17.8 Å². The minimum absolute atomic E-state index is 0.0667. The van der Waals surface area contributed by atoms with Gasteiger partial charge in [0.25, 0.3) is 5.79 Å². The molecule has 38 heavy (non-hydrogen) atoms. The second-order valence-electron chi connectivity index (χ2n) is 9.06. The van der Waals surface area contributed by atoms with Crippen molar-refractivity contribution < 1.29 is 69.1 Å². The highest BCUT2D eigenvalue weighted by atomic mass is 16.7. The van der Waals surface area contributed by atoms with Crippen molar-refractivity contribution in [1.29, 1.82) is 0 Å². The largest absolute Gasteiger partial charge is 0.477 e. The van der Waals surface area contributed by atoms with E-state index in [0.29, 0.717) is 0 Å². The van der Waals surface area contributed by atoms with E-state index in [9.17, 15) is 50.1 Å². The quantitative estimate of drug-likeness (QED) is 0.103. The summed E-state index contributed by atoms with van der Waals surface area (Å²) >= 11 is 0. The third-order valence-corrected chi connectivity index (χ3v) is 6.12. The molecule has 0 aromatic rings. The molecule has 0 saturated carbocycles. The number of aliphatic hydroxyl groups is 6. The number of rotatable bonds is 12. The first-order valence-corrected chi connectivity index (χ1v) is 11.8. The van der Waals surface area contributed by atoms with Gasteiger partial charge < -0.3 is 65.3 Å². The molecule has 2 amide bonds. The van der Waals surface area contributed by atoms with Gasteiger partial charge >= 0.3 is 5.97 Å². The molecule has 2 rings (SSSR count). The average molecular weight is 553 g/mol. The lowest BCUT2D eigenvalue weighted by Crippen LogP contribution is -2.69. The van der Waals surface area contributed by atoms with Crippen LogP contribution in [0.15, 0.2) is 12.7 Å². The Morgan fingerprint density at radius 1 is 1.11 bits per heavy atom. The Labute approximate surface area is 217 Å². The van der Waals surface area contributed by atoms with E-state index in [-0.39, 0.29) is 6.61 Å². The molecule has 2 aliphatic rings. The van der Waals surface area contributed by atoms with Crippen LogP contribution in [0.3, 0.4) is 0 Å². The number of hydrogen-bond donors (Lipinski definition) is 9. The Morgan fingerprint density at radius 3 is 2.24 bits per heavy atom. The van der Waals surface area contributed by atoms with Gasteiger partial charge in [-0.3, -0.25) is 9.59 Å². The molecule has 2 heterocycles. The maximum absolute atomic E-state index is 12.3. The molecule has 2 saturated heterocycles. The van der Waals surface area contributed by atoms with Gasteiger partial charge in [-0.25, -0.2) is 4.79 Å². The number of amides is 2. The fraction of sp³-hybridized carbons (Fsp3) is 0.773. The molecule has 218 valence electrons. The van der Waals surface area contributed by atoms with Crippen LogP contribution in [0.5, 0.6) is 0 Å². The maximum Gasteiger partial charge on any atom is 0.364 e. The predicted molar refractivity (Wildman–Crippen MR) is 123 cm³/mol. The van der Waals surface area contributed by atoms with Crippen molar-refractivity contribution in [2.45, 2.75) is 87.2 Å². The van der Waals surface area contributed by atoms with Gasteiger partial charge in [0.15, 0.2) is 6.29 Å². The zero-order valence-corrected chi connectivity index (χ0v) is 20.9. The lowest BCUT2D eigenvalue weighted by molar-refractivity contribution is -0.330. The number of carbonyl (C=O) groups excluding carboxylic acids is 2. The zero-order chi connectivity index (χ0) is 28.8. The van der Waals surface area contributed by atoms with Gasteiger partial charge in [-0.15, -0.1) is 6.58 Å². The minimum Gasteiger partial charge on any atom is -0.477 e. The van der Waals surface area contributed by atoms with E-state index >= 15 is 0 Å². The van der Waals surface area contributed by atoms with Crippen LogP contribution >= 0.6 is 0 Å². The normalized spacial score (nSPS) is 37.1. The summed E-state index contributed by atoms with van der Waals surface area (Å²) in [4.78, 5) is 35.5. The van der Waals surface area contributed by atoms with E-state index in [1.54, 1.807) is 0 Å². The molecule has 16 heteroatoms. The van der Waals surface area contributed by atoms with Crippen molar-refractivity contribution in [3.63, 3.8) is 0 Å². The summed E-state index contributed by atoms with van der Waals surface area (Å²) in [6.07, 6.45) is -12.7. The Hall–Kier alpha value is -2.25. The van der Waals surface area contributed by atoms with Gasteiger partial charge in [-0.05, 0) is 0 Å². The topological polar surface area (TPSA) is 254 Å². The molecule has 0 spiro atoms. The van der Waals surface area contributed by atoms with Gasteiger partial charge in [0, 0.05) is 20.3 Å². The highest BCUT2D eigenvalue weighted by Gasteiger charge is 2.56. The van der Waals surface area contributed by atoms with Gasteiger partial charge in [0.1, 0.15) is 42.7 Å². The number of carbonyl (C=O) groups is 3. The number of nitrogens with one attached hydrogen (secondary N) is 2. The molecule has 0 aliphatic carbocycles. The number of carboxylic acids is 1. The fourth-order valence-corrected chi connectivity index (χ4v) is 4.26. The highest BCUT2D eigenvalue weighted by Crippen LogP contribution is 2.34. The van der Waals surface area contributed by atoms with Crippen LogP contribution in [-0.4, -0.2) is 140 Å². The second-order valence-corrected chi connectivity index (χ2v) is 9.06. The third-order valence-electron chi connectivity index (χ3n) is 6.12. The fourth-order valence-electron chi connectivity index (χ4n) is 4.26. The molecule has 0 radical (unpaired) electrons. The van der Waals surface area contributed by atoms with Gasteiger partial charge in [0.2, 0.25) is 11.8 Å². The second kappa shape index (κ2) is 13.7. The predicted octanol–water partition coefficient (Wildman–Crippen LogP) is -4.69. The molecule has 0 aromatic carbocycles. The lowest BCUT2D eigenvalue weighted by atomic mass is 9.88. The van der Waals surface area contributed by atoms with E-state index in [0.717, 1.165) is 6.92 Å². The molecule has 2 aliphatic heterocycles. The van der Waals surface area contributed by atoms with Crippen molar-refractivity contribution in [3.8, 4) is 0 Å². The third kappa shape index (κ3) is 7.44. The van der Waals surface area contributed by atoms with Gasteiger partial charge in [0.05, 0.1) is 32.0 Å². The molecule has 0 bridgehead atoms. The Balaban J connectivity index is 2.30. The number of hydrogen-bond acceptors (Lipinski definition) is 13. The van der Waals surface area contributed by atoms with E-state index < -0.39 is 104 Å². The molecule has 4 unspecified atom stereocenters. The number of aliphatic hydroxyl groups excluding tert-OH is 6. The van der Waals surface area contributed by atoms with Crippen LogP contribution in [0.4, 0.5) is 0 Å². The average Bonchev–Trinajstić information content (AvgIpc) is 2.85. The summed E-state index contributed by atoms with van der Waals surface area (Å²) in [6, 6.07) is -2.59. The SMILES string of the molecule is C=CCO[C@H]1OC(CO[C@@]2(C(=O)O)C[C@@H](O)[C@@H](NC(C)=O)C([C@H](O)[C@H](O)CO)O2)[C@H](O)C(O)C1NC(C)=O. The Morgan fingerprint density at radius 2 is 1.71 bits per heavy atom. The summed E-state index contributed by atoms with van der Waals surface area (Å²) in [5.41, 5.74) is 0. The maximum atomic E-state index is 12.3. The minimum atomic E-state index is -2.69. The first kappa shape index (κ1) is 32.0. The van der Waals surface area contributed by atoms with Crippen LogP contribution in [0.1, 0.15) is 20.3 Å². The molecule has 0 aromatic heterocycles. The van der Waals surface area contributed by atoms with Crippen LogP contribution in [0, 0.1) is 0 Å². The molecule has 2 fully saturated rings. The molecule has 11 atom stereocenters. The van der Waals surface area contributed by atoms with Gasteiger partial charge in [-0.2, -0.15) is 0 Å². The summed E-state index contributed by atoms with van der Waals surface area (Å²) in [7, 11) is 0. The molecular weight excluding hydrogens is 516 g/mol. The Kier molecular flexibility index (Phi) is 11.5. The number of ether oxygens (including phenoxy) is 4. The highest BCUT2D eigenvalue weighted by molar-refractivity contribution is 5.76. The van der Waals surface area contributed by atoms with Crippen molar-refractivity contribution in [2.75, 3.05) is 19.8 Å². The van der Waals surface area contributed by atoms with Crippen LogP contribution in [-0.2, 0) is 33.3 Å². The smallest absolute Gasteiger partial charge is 0.364 e. The monoisotopic (exact) mass is 552 g/mol. The van der Waals surface area contributed by atoms with Crippen LogP contribution in [0.2, 0.25) is 0 Å². The number of aliphatic carboxylic acids is 1. The summed E-state index contributed by atoms with van der Waals surface area (Å²) < 4.78 is 22.0. The van der Waals surface area contributed by atoms with Gasteiger partial charge in [-0.1, -0.05) is 6.08 Å². The van der Waals surface area contributed by atoms with Crippen LogP contribution < -0.4 is 10.6 Å². The standard InChI is InChI=1S/C22H36N2O14/c1-4-5-35-20-15(24-10(3)27)18(32)17(31)13(37-20)8-36-22(21(33)34)6-11(28)14(23-9(2)26)19(38-22)16(30)12(29)7-25/h4,11-20,25,28-32H,1,5-8H2,2-3H3,(H,23,26)(H,24,27)(H,33,34)/t11-,12-,13?,14-,15?,16-,17+,18?,19?,20+,22+/m1/s1. The first-order valence-electron chi connectivity index (χ1n) is 11.8. The van der Waals surface area contributed by atoms with Crippen molar-refractivity contribution in [2.24, 2.45) is 0 Å². The van der Waals surface area contributed by atoms with E-state index in [2.05, 4.69) is 17.2 Å².